The highest BCUT2D eigenvalue weighted by Gasteiger charge is 2.18. The second kappa shape index (κ2) is 6.99. The van der Waals surface area contributed by atoms with E-state index < -0.39 is 0 Å². The van der Waals surface area contributed by atoms with Gasteiger partial charge in [-0.05, 0) is 29.8 Å². The summed E-state index contributed by atoms with van der Waals surface area (Å²) >= 11 is 0. The van der Waals surface area contributed by atoms with E-state index in [0.717, 1.165) is 11.1 Å². The van der Waals surface area contributed by atoms with Crippen LogP contribution in [0.25, 0.3) is 11.1 Å². The van der Waals surface area contributed by atoms with Crippen LogP contribution in [0.3, 0.4) is 0 Å². The van der Waals surface area contributed by atoms with Gasteiger partial charge in [0.15, 0.2) is 5.58 Å². The summed E-state index contributed by atoms with van der Waals surface area (Å²) in [6, 6.07) is 16.9. The van der Waals surface area contributed by atoms with Crippen molar-refractivity contribution in [3.8, 4) is 5.75 Å². The van der Waals surface area contributed by atoms with Crippen molar-refractivity contribution in [1.29, 1.82) is 0 Å². The standard InChI is InChI=1S/C21H17FN2O3/c1-26-17-7-3-6-16(11-17)23-21(25)19-12-20-18(8-9-27-20)24(19)13-14-4-2-5-15(22)10-14/h2-12H,13H2,1H3,(H,23,25). The van der Waals surface area contributed by atoms with Crippen LogP contribution in [0.2, 0.25) is 0 Å². The summed E-state index contributed by atoms with van der Waals surface area (Å²) < 4.78 is 26.0. The van der Waals surface area contributed by atoms with Gasteiger partial charge in [0.1, 0.15) is 17.3 Å². The maximum absolute atomic E-state index is 13.5. The highest BCUT2D eigenvalue weighted by molar-refractivity contribution is 6.06. The maximum atomic E-state index is 13.5. The number of ether oxygens (including phenoxy) is 1. The molecule has 136 valence electrons. The molecule has 0 aliphatic rings. The van der Waals surface area contributed by atoms with Crippen molar-refractivity contribution in [2.75, 3.05) is 12.4 Å². The van der Waals surface area contributed by atoms with Crippen molar-refractivity contribution in [2.24, 2.45) is 0 Å². The number of aromatic nitrogens is 1. The lowest BCUT2D eigenvalue weighted by atomic mass is 10.2. The van der Waals surface area contributed by atoms with Gasteiger partial charge in [-0.3, -0.25) is 4.79 Å². The van der Waals surface area contributed by atoms with Gasteiger partial charge in [-0.15, -0.1) is 0 Å². The fraction of sp³-hybridized carbons (Fsp3) is 0.0952. The first-order chi connectivity index (χ1) is 13.1. The Morgan fingerprint density at radius 2 is 2.00 bits per heavy atom. The van der Waals surface area contributed by atoms with Crippen molar-refractivity contribution in [1.82, 2.24) is 4.57 Å². The van der Waals surface area contributed by atoms with E-state index in [-0.39, 0.29) is 11.7 Å². The zero-order valence-electron chi connectivity index (χ0n) is 14.6. The van der Waals surface area contributed by atoms with E-state index in [1.165, 1.54) is 12.1 Å². The lowest BCUT2D eigenvalue weighted by Crippen LogP contribution is -2.17. The predicted octanol–water partition coefficient (Wildman–Crippen LogP) is 4.68. The van der Waals surface area contributed by atoms with Crippen LogP contribution in [-0.2, 0) is 6.54 Å². The molecule has 0 radical (unpaired) electrons. The highest BCUT2D eigenvalue weighted by Crippen LogP contribution is 2.24. The molecule has 1 amide bonds. The smallest absolute Gasteiger partial charge is 0.272 e. The molecular weight excluding hydrogens is 347 g/mol. The summed E-state index contributed by atoms with van der Waals surface area (Å²) in [6.07, 6.45) is 1.57. The SMILES string of the molecule is COc1cccc(NC(=O)c2cc3occc3n2Cc2cccc(F)c2)c1. The van der Waals surface area contributed by atoms with E-state index in [4.69, 9.17) is 9.15 Å². The molecular formula is C21H17FN2O3. The van der Waals surface area contributed by atoms with Crippen LogP contribution >= 0.6 is 0 Å². The quantitative estimate of drug-likeness (QED) is 0.559. The number of carbonyl (C=O) groups is 1. The highest BCUT2D eigenvalue weighted by atomic mass is 19.1. The molecule has 0 unspecified atom stereocenters. The van der Waals surface area contributed by atoms with Crippen LogP contribution in [0.4, 0.5) is 10.1 Å². The third kappa shape index (κ3) is 3.42. The van der Waals surface area contributed by atoms with E-state index in [9.17, 15) is 9.18 Å². The average molecular weight is 364 g/mol. The van der Waals surface area contributed by atoms with Crippen molar-refractivity contribution in [3.05, 3.63) is 84.0 Å². The molecule has 4 aromatic rings. The maximum Gasteiger partial charge on any atom is 0.272 e. The topological polar surface area (TPSA) is 56.4 Å². The molecule has 0 spiro atoms. The number of nitrogens with zero attached hydrogens (tertiary/aromatic N) is 1. The van der Waals surface area contributed by atoms with Crippen molar-refractivity contribution in [2.45, 2.75) is 6.54 Å². The fourth-order valence-electron chi connectivity index (χ4n) is 3.05. The summed E-state index contributed by atoms with van der Waals surface area (Å²) in [5, 5.41) is 2.87. The minimum atomic E-state index is -0.314. The largest absolute Gasteiger partial charge is 0.497 e. The molecule has 27 heavy (non-hydrogen) atoms. The summed E-state index contributed by atoms with van der Waals surface area (Å²) in [5.41, 5.74) is 3.17. The van der Waals surface area contributed by atoms with Gasteiger partial charge < -0.3 is 19.0 Å². The van der Waals surface area contributed by atoms with E-state index in [1.54, 1.807) is 55.8 Å². The number of hydrogen-bond donors (Lipinski definition) is 1. The first-order valence-corrected chi connectivity index (χ1v) is 8.40. The third-order valence-electron chi connectivity index (χ3n) is 4.31. The number of anilines is 1. The normalized spacial score (nSPS) is 10.9. The monoisotopic (exact) mass is 364 g/mol. The molecule has 6 heteroatoms. The molecule has 2 heterocycles. The lowest BCUT2D eigenvalue weighted by molar-refractivity contribution is 0.101. The molecule has 4 rings (SSSR count). The average Bonchev–Trinajstić information content (AvgIpc) is 3.25. The number of furan rings is 1. The van der Waals surface area contributed by atoms with Crippen molar-refractivity contribution in [3.63, 3.8) is 0 Å². The molecule has 0 bridgehead atoms. The van der Waals surface area contributed by atoms with Crippen LogP contribution in [0.15, 0.2) is 71.3 Å². The molecule has 0 aliphatic carbocycles. The second-order valence-electron chi connectivity index (χ2n) is 6.10. The van der Waals surface area contributed by atoms with Gasteiger partial charge in [0, 0.05) is 30.4 Å². The molecule has 0 atom stereocenters. The Hall–Kier alpha value is -3.54. The number of amides is 1. The first-order valence-electron chi connectivity index (χ1n) is 8.40. The summed E-state index contributed by atoms with van der Waals surface area (Å²) in [6.45, 7) is 0.349. The Balaban J connectivity index is 1.68. The number of rotatable bonds is 5. The zero-order valence-corrected chi connectivity index (χ0v) is 14.6. The predicted molar refractivity (Wildman–Crippen MR) is 101 cm³/mol. The van der Waals surface area contributed by atoms with E-state index in [1.807, 2.05) is 10.6 Å². The molecule has 0 fully saturated rings. The van der Waals surface area contributed by atoms with E-state index >= 15 is 0 Å². The van der Waals surface area contributed by atoms with Gasteiger partial charge >= 0.3 is 0 Å². The van der Waals surface area contributed by atoms with Crippen LogP contribution in [0, 0.1) is 5.82 Å². The Morgan fingerprint density at radius 3 is 2.81 bits per heavy atom. The Morgan fingerprint density at radius 1 is 1.15 bits per heavy atom. The molecule has 2 aromatic carbocycles. The van der Waals surface area contributed by atoms with Gasteiger partial charge in [0.2, 0.25) is 0 Å². The summed E-state index contributed by atoms with van der Waals surface area (Å²) in [5.74, 6) is 0.0493. The van der Waals surface area contributed by atoms with Crippen molar-refractivity contribution >= 4 is 22.7 Å². The number of carbonyl (C=O) groups excluding carboxylic acids is 1. The van der Waals surface area contributed by atoms with Gasteiger partial charge in [-0.25, -0.2) is 4.39 Å². The van der Waals surface area contributed by atoms with E-state index in [2.05, 4.69) is 5.32 Å². The third-order valence-corrected chi connectivity index (χ3v) is 4.31. The number of methoxy groups -OCH3 is 1. The number of hydrogen-bond acceptors (Lipinski definition) is 3. The van der Waals surface area contributed by atoms with Gasteiger partial charge in [0.25, 0.3) is 5.91 Å². The second-order valence-corrected chi connectivity index (χ2v) is 6.10. The Labute approximate surface area is 155 Å². The Bertz CT molecular complexity index is 1110. The van der Waals surface area contributed by atoms with Crippen LogP contribution in [0.1, 0.15) is 16.1 Å². The summed E-state index contributed by atoms with van der Waals surface area (Å²) in [4.78, 5) is 12.9. The molecule has 5 nitrogen and oxygen atoms in total. The zero-order chi connectivity index (χ0) is 18.8. The number of fused-ring (bicyclic) bond motifs is 1. The van der Waals surface area contributed by atoms with Crippen molar-refractivity contribution < 1.29 is 18.3 Å². The molecule has 1 N–H and O–H groups in total. The Kier molecular flexibility index (Phi) is 4.38. The molecule has 0 saturated heterocycles. The van der Waals surface area contributed by atoms with Gasteiger partial charge in [-0.2, -0.15) is 0 Å². The lowest BCUT2D eigenvalue weighted by Gasteiger charge is -2.11. The van der Waals surface area contributed by atoms with Crippen LogP contribution < -0.4 is 10.1 Å². The van der Waals surface area contributed by atoms with Crippen LogP contribution in [-0.4, -0.2) is 17.6 Å². The number of halogens is 1. The van der Waals surface area contributed by atoms with Gasteiger partial charge in [-0.1, -0.05) is 18.2 Å². The fourth-order valence-corrected chi connectivity index (χ4v) is 3.05. The summed E-state index contributed by atoms with van der Waals surface area (Å²) in [7, 11) is 1.57. The van der Waals surface area contributed by atoms with E-state index in [0.29, 0.717) is 29.3 Å². The number of nitrogens with one attached hydrogen (secondary N) is 1. The molecule has 0 saturated carbocycles. The molecule has 2 aromatic heterocycles. The van der Waals surface area contributed by atoms with Gasteiger partial charge in [0.05, 0.1) is 18.9 Å². The first kappa shape index (κ1) is 16.9. The number of benzene rings is 2. The molecule has 0 aliphatic heterocycles. The minimum Gasteiger partial charge on any atom is -0.497 e. The van der Waals surface area contributed by atoms with Crippen LogP contribution in [0.5, 0.6) is 5.75 Å². The minimum absolute atomic E-state index is 0.286.